The fourth-order valence-electron chi connectivity index (χ4n) is 2.53. The van der Waals surface area contributed by atoms with Gasteiger partial charge in [-0.15, -0.1) is 0 Å². The number of rotatable bonds is 2. The van der Waals surface area contributed by atoms with Gasteiger partial charge in [0.05, 0.1) is 11.3 Å². The zero-order valence-corrected chi connectivity index (χ0v) is 11.0. The third-order valence-electron chi connectivity index (χ3n) is 3.90. The minimum Gasteiger partial charge on any atom is -0.390 e. The molecule has 0 unspecified atom stereocenters. The maximum Gasteiger partial charge on any atom is 0.164 e. The van der Waals surface area contributed by atoms with Gasteiger partial charge in [0.25, 0.3) is 0 Å². The van der Waals surface area contributed by atoms with E-state index in [2.05, 4.69) is 16.0 Å². The Morgan fingerprint density at radius 1 is 1.50 bits per heavy atom. The second-order valence-electron chi connectivity index (χ2n) is 5.00. The summed E-state index contributed by atoms with van der Waals surface area (Å²) in [4.78, 5) is 6.30. The van der Waals surface area contributed by atoms with Gasteiger partial charge in [0.1, 0.15) is 6.07 Å². The highest BCUT2D eigenvalue weighted by Crippen LogP contribution is 2.31. The normalized spacial score (nSPS) is 18.4. The molecule has 1 N–H and O–H groups in total. The Kier molecular flexibility index (Phi) is 3.53. The average Bonchev–Trinajstić information content (AvgIpc) is 2.40. The van der Waals surface area contributed by atoms with Crippen LogP contribution < -0.4 is 4.90 Å². The fraction of sp³-hybridized carbons (Fsp3) is 0.571. The minimum absolute atomic E-state index is 0.483. The highest BCUT2D eigenvalue weighted by atomic mass is 16.3. The number of aryl methyl sites for hydroxylation is 1. The lowest BCUT2D eigenvalue weighted by Crippen LogP contribution is -2.44. The van der Waals surface area contributed by atoms with Crippen molar-refractivity contribution >= 4 is 5.69 Å². The number of piperidine rings is 1. The summed E-state index contributed by atoms with van der Waals surface area (Å²) in [5.74, 6) is 0. The Morgan fingerprint density at radius 3 is 2.72 bits per heavy atom. The maximum atomic E-state index is 10.2. The molecule has 1 saturated heterocycles. The Hall–Kier alpha value is -1.60. The molecule has 0 atom stereocenters. The summed E-state index contributed by atoms with van der Waals surface area (Å²) in [7, 11) is 0. The van der Waals surface area contributed by atoms with E-state index in [0.717, 1.165) is 43.6 Å². The van der Waals surface area contributed by atoms with E-state index in [0.29, 0.717) is 5.69 Å². The van der Waals surface area contributed by atoms with Gasteiger partial charge in [0, 0.05) is 19.3 Å². The van der Waals surface area contributed by atoms with Crippen molar-refractivity contribution in [1.82, 2.24) is 4.98 Å². The second-order valence-corrected chi connectivity index (χ2v) is 5.00. The SMILES string of the molecule is CCC1(O)CCN(c2c(C)ccnc2C#N)CC1. The Labute approximate surface area is 108 Å². The van der Waals surface area contributed by atoms with Gasteiger partial charge in [0.2, 0.25) is 0 Å². The van der Waals surface area contributed by atoms with Crippen molar-refractivity contribution in [2.24, 2.45) is 0 Å². The van der Waals surface area contributed by atoms with Gasteiger partial charge in [-0.25, -0.2) is 4.98 Å². The Bertz CT molecular complexity index is 470. The summed E-state index contributed by atoms with van der Waals surface area (Å²) in [6, 6.07) is 4.08. The smallest absolute Gasteiger partial charge is 0.164 e. The number of nitrogens with zero attached hydrogens (tertiary/aromatic N) is 3. The van der Waals surface area contributed by atoms with Crippen molar-refractivity contribution in [2.45, 2.75) is 38.7 Å². The fourth-order valence-corrected chi connectivity index (χ4v) is 2.53. The predicted molar refractivity (Wildman–Crippen MR) is 70.4 cm³/mol. The molecule has 0 saturated carbocycles. The van der Waals surface area contributed by atoms with Crippen LogP contribution in [0.2, 0.25) is 0 Å². The van der Waals surface area contributed by atoms with Gasteiger partial charge in [0.15, 0.2) is 5.69 Å². The van der Waals surface area contributed by atoms with E-state index in [1.54, 1.807) is 6.20 Å². The number of anilines is 1. The van der Waals surface area contributed by atoms with Crippen molar-refractivity contribution in [1.29, 1.82) is 5.26 Å². The van der Waals surface area contributed by atoms with Gasteiger partial charge >= 0.3 is 0 Å². The molecule has 1 aliphatic rings. The lowest BCUT2D eigenvalue weighted by Gasteiger charge is -2.39. The largest absolute Gasteiger partial charge is 0.390 e. The minimum atomic E-state index is -0.528. The van der Waals surface area contributed by atoms with Crippen LogP contribution in [0.25, 0.3) is 0 Å². The molecule has 18 heavy (non-hydrogen) atoms. The lowest BCUT2D eigenvalue weighted by molar-refractivity contribution is 0.0125. The van der Waals surface area contributed by atoms with Gasteiger partial charge < -0.3 is 10.0 Å². The third kappa shape index (κ3) is 2.32. The molecule has 2 rings (SSSR count). The lowest BCUT2D eigenvalue weighted by atomic mass is 9.88. The topological polar surface area (TPSA) is 60.1 Å². The van der Waals surface area contributed by atoms with E-state index in [-0.39, 0.29) is 0 Å². The zero-order chi connectivity index (χ0) is 13.2. The quantitative estimate of drug-likeness (QED) is 0.865. The van der Waals surface area contributed by atoms with Gasteiger partial charge in [-0.05, 0) is 37.8 Å². The molecule has 0 aromatic carbocycles. The maximum absolute atomic E-state index is 10.2. The Morgan fingerprint density at radius 2 is 2.17 bits per heavy atom. The third-order valence-corrected chi connectivity index (χ3v) is 3.90. The molecule has 4 heteroatoms. The van der Waals surface area contributed by atoms with Crippen LogP contribution in [0.4, 0.5) is 5.69 Å². The number of aromatic nitrogens is 1. The first-order valence-electron chi connectivity index (χ1n) is 6.42. The molecule has 1 aliphatic heterocycles. The molecule has 1 aromatic rings. The highest BCUT2D eigenvalue weighted by Gasteiger charge is 2.31. The molecule has 1 fully saturated rings. The number of aliphatic hydroxyl groups is 1. The van der Waals surface area contributed by atoms with E-state index in [1.165, 1.54) is 0 Å². The molecule has 0 amide bonds. The summed E-state index contributed by atoms with van der Waals surface area (Å²) in [5.41, 5.74) is 1.96. The molecule has 0 spiro atoms. The van der Waals surface area contributed by atoms with E-state index in [1.807, 2.05) is 19.9 Å². The first-order chi connectivity index (χ1) is 8.59. The van der Waals surface area contributed by atoms with Crippen molar-refractivity contribution in [3.8, 4) is 6.07 Å². The standard InChI is InChI=1S/C14H19N3O/c1-3-14(18)5-8-17(9-6-14)13-11(2)4-7-16-12(13)10-15/h4,7,18H,3,5-6,8-9H2,1-2H3. The molecule has 2 heterocycles. The first kappa shape index (κ1) is 12.8. The van der Waals surface area contributed by atoms with Crippen LogP contribution in [0, 0.1) is 18.3 Å². The monoisotopic (exact) mass is 245 g/mol. The van der Waals surface area contributed by atoms with Gasteiger partial charge in [-0.1, -0.05) is 6.92 Å². The van der Waals surface area contributed by atoms with Crippen LogP contribution in [0.15, 0.2) is 12.3 Å². The van der Waals surface area contributed by atoms with E-state index in [4.69, 9.17) is 5.26 Å². The molecule has 4 nitrogen and oxygen atoms in total. The van der Waals surface area contributed by atoms with Crippen LogP contribution in [0.3, 0.4) is 0 Å². The molecule has 1 aromatic heterocycles. The summed E-state index contributed by atoms with van der Waals surface area (Å²) < 4.78 is 0. The van der Waals surface area contributed by atoms with Crippen molar-refractivity contribution in [3.05, 3.63) is 23.5 Å². The number of hydrogen-bond acceptors (Lipinski definition) is 4. The van der Waals surface area contributed by atoms with Gasteiger partial charge in [-0.2, -0.15) is 5.26 Å². The van der Waals surface area contributed by atoms with Crippen molar-refractivity contribution in [2.75, 3.05) is 18.0 Å². The van der Waals surface area contributed by atoms with Crippen LogP contribution in [0.5, 0.6) is 0 Å². The second kappa shape index (κ2) is 4.95. The molecule has 0 aliphatic carbocycles. The van der Waals surface area contributed by atoms with Crippen LogP contribution in [-0.4, -0.2) is 28.8 Å². The zero-order valence-electron chi connectivity index (χ0n) is 11.0. The van der Waals surface area contributed by atoms with Crippen LogP contribution in [-0.2, 0) is 0 Å². The van der Waals surface area contributed by atoms with E-state index < -0.39 is 5.60 Å². The molecular weight excluding hydrogens is 226 g/mol. The van der Waals surface area contributed by atoms with E-state index >= 15 is 0 Å². The number of pyridine rings is 1. The summed E-state index contributed by atoms with van der Waals surface area (Å²) in [5, 5.41) is 19.4. The molecule has 0 bridgehead atoms. The Balaban J connectivity index is 2.23. The predicted octanol–water partition coefficient (Wildman–Crippen LogP) is 2.00. The summed E-state index contributed by atoms with van der Waals surface area (Å²) in [6.07, 6.45) is 3.97. The van der Waals surface area contributed by atoms with E-state index in [9.17, 15) is 5.11 Å². The van der Waals surface area contributed by atoms with Crippen LogP contribution >= 0.6 is 0 Å². The number of hydrogen-bond donors (Lipinski definition) is 1. The van der Waals surface area contributed by atoms with Crippen LogP contribution in [0.1, 0.15) is 37.4 Å². The molecular formula is C14H19N3O. The average molecular weight is 245 g/mol. The first-order valence-corrected chi connectivity index (χ1v) is 6.42. The van der Waals surface area contributed by atoms with Crippen molar-refractivity contribution < 1.29 is 5.11 Å². The molecule has 0 radical (unpaired) electrons. The van der Waals surface area contributed by atoms with Crippen molar-refractivity contribution in [3.63, 3.8) is 0 Å². The molecule has 96 valence electrons. The summed E-state index contributed by atoms with van der Waals surface area (Å²) in [6.45, 7) is 5.58. The highest BCUT2D eigenvalue weighted by molar-refractivity contribution is 5.61. The summed E-state index contributed by atoms with van der Waals surface area (Å²) >= 11 is 0. The number of nitriles is 1. The van der Waals surface area contributed by atoms with Gasteiger partial charge in [-0.3, -0.25) is 0 Å².